The van der Waals surface area contributed by atoms with E-state index < -0.39 is 6.10 Å². The quantitative estimate of drug-likeness (QED) is 0.715. The number of rotatable bonds is 2. The number of carbonyl (C=O) groups excluding carboxylic acids is 1. The van der Waals surface area contributed by atoms with Crippen LogP contribution in [0.25, 0.3) is 10.9 Å². The second kappa shape index (κ2) is 6.22. The van der Waals surface area contributed by atoms with E-state index in [-0.39, 0.29) is 11.9 Å². The summed E-state index contributed by atoms with van der Waals surface area (Å²) in [5.74, 6) is -0.267. The number of amides is 1. The van der Waals surface area contributed by atoms with Crippen LogP contribution in [0.2, 0.25) is 0 Å². The van der Waals surface area contributed by atoms with Crippen LogP contribution in [-0.2, 0) is 0 Å². The van der Waals surface area contributed by atoms with Crippen molar-refractivity contribution in [3.05, 3.63) is 34.4 Å². The molecule has 1 heterocycles. The highest BCUT2D eigenvalue weighted by Crippen LogP contribution is 2.30. The van der Waals surface area contributed by atoms with Gasteiger partial charge in [0, 0.05) is 16.1 Å². The first-order valence-electron chi connectivity index (χ1n) is 7.39. The van der Waals surface area contributed by atoms with Crippen LogP contribution >= 0.6 is 15.9 Å². The van der Waals surface area contributed by atoms with E-state index in [1.54, 1.807) is 12.3 Å². The number of aliphatic hydroxyl groups excluding tert-OH is 1. The number of aromatic nitrogens is 1. The maximum atomic E-state index is 12.5. The molecule has 0 spiro atoms. The van der Waals surface area contributed by atoms with Gasteiger partial charge in [-0.15, -0.1) is 0 Å². The van der Waals surface area contributed by atoms with E-state index in [1.165, 1.54) is 0 Å². The Morgan fingerprint density at radius 3 is 2.95 bits per heavy atom. The molecular weight excluding hydrogens is 346 g/mol. The molecule has 22 heavy (non-hydrogen) atoms. The van der Waals surface area contributed by atoms with Gasteiger partial charge in [-0.1, -0.05) is 34.8 Å². The molecular formula is C16H18BrN3O2. The molecule has 1 aliphatic carbocycles. The summed E-state index contributed by atoms with van der Waals surface area (Å²) >= 11 is 3.46. The predicted octanol–water partition coefficient (Wildman–Crippen LogP) is 2.61. The third kappa shape index (κ3) is 2.80. The number of aliphatic hydroxyl groups is 1. The van der Waals surface area contributed by atoms with E-state index in [0.717, 1.165) is 35.5 Å². The molecule has 2 atom stereocenters. The number of fused-ring (bicyclic) bond motifs is 1. The van der Waals surface area contributed by atoms with Crippen molar-refractivity contribution in [1.29, 1.82) is 0 Å². The maximum absolute atomic E-state index is 12.5. The molecule has 116 valence electrons. The molecule has 2 aromatic rings. The molecule has 0 aliphatic heterocycles. The summed E-state index contributed by atoms with van der Waals surface area (Å²) in [6, 6.07) is 5.23. The summed E-state index contributed by atoms with van der Waals surface area (Å²) in [5, 5.41) is 13.8. The highest BCUT2D eigenvalue weighted by molar-refractivity contribution is 9.10. The number of pyridine rings is 1. The molecule has 0 saturated heterocycles. The van der Waals surface area contributed by atoms with Crippen molar-refractivity contribution >= 4 is 38.4 Å². The monoisotopic (exact) mass is 363 g/mol. The summed E-state index contributed by atoms with van der Waals surface area (Å²) in [6.45, 7) is 0. The molecule has 1 amide bonds. The fourth-order valence-corrected chi connectivity index (χ4v) is 3.48. The maximum Gasteiger partial charge on any atom is 0.253 e. The lowest BCUT2D eigenvalue weighted by Gasteiger charge is -2.28. The third-order valence-corrected chi connectivity index (χ3v) is 4.83. The third-order valence-electron chi connectivity index (χ3n) is 4.17. The van der Waals surface area contributed by atoms with Gasteiger partial charge in [-0.25, -0.2) is 0 Å². The largest absolute Gasteiger partial charge is 0.396 e. The molecule has 1 saturated carbocycles. The summed E-state index contributed by atoms with van der Waals surface area (Å²) in [6.07, 6.45) is 4.70. The van der Waals surface area contributed by atoms with Gasteiger partial charge < -0.3 is 16.2 Å². The van der Waals surface area contributed by atoms with E-state index in [2.05, 4.69) is 26.2 Å². The van der Waals surface area contributed by atoms with Gasteiger partial charge in [0.25, 0.3) is 5.91 Å². The van der Waals surface area contributed by atoms with Crippen molar-refractivity contribution in [1.82, 2.24) is 10.3 Å². The van der Waals surface area contributed by atoms with Crippen LogP contribution in [0.5, 0.6) is 0 Å². The van der Waals surface area contributed by atoms with E-state index in [9.17, 15) is 9.90 Å². The average Bonchev–Trinajstić information content (AvgIpc) is 2.53. The average molecular weight is 364 g/mol. The fraction of sp³-hybridized carbons (Fsp3) is 0.375. The van der Waals surface area contributed by atoms with Crippen LogP contribution in [0.4, 0.5) is 5.69 Å². The van der Waals surface area contributed by atoms with Crippen LogP contribution in [-0.4, -0.2) is 28.1 Å². The molecule has 0 bridgehead atoms. The number of nitrogens with two attached hydrogens (primary N) is 1. The van der Waals surface area contributed by atoms with Gasteiger partial charge in [0.05, 0.1) is 28.9 Å². The number of nitrogens with zero attached hydrogens (tertiary/aromatic N) is 1. The zero-order valence-corrected chi connectivity index (χ0v) is 13.6. The molecule has 0 unspecified atom stereocenters. The van der Waals surface area contributed by atoms with Crippen molar-refractivity contribution in [2.75, 3.05) is 5.73 Å². The minimum absolute atomic E-state index is 0.209. The van der Waals surface area contributed by atoms with Crippen molar-refractivity contribution < 1.29 is 9.90 Å². The van der Waals surface area contributed by atoms with Gasteiger partial charge in [-0.2, -0.15) is 0 Å². The molecule has 1 aromatic heterocycles. The van der Waals surface area contributed by atoms with Gasteiger partial charge in [-0.3, -0.25) is 9.78 Å². The second-order valence-corrected chi connectivity index (χ2v) is 6.51. The lowest BCUT2D eigenvalue weighted by atomic mass is 9.92. The number of nitrogens with one attached hydrogen (secondary N) is 1. The minimum atomic E-state index is -0.485. The Labute approximate surface area is 137 Å². The second-order valence-electron chi connectivity index (χ2n) is 5.65. The van der Waals surface area contributed by atoms with Gasteiger partial charge in [-0.05, 0) is 25.0 Å². The van der Waals surface area contributed by atoms with Crippen molar-refractivity contribution in [2.24, 2.45) is 0 Å². The number of halogens is 1. The standard InChI is InChI=1S/C16H18BrN3O2/c17-11-8-10(14(18)15-9(11)4-3-7-19-15)16(22)20-12-5-1-2-6-13(12)21/h3-4,7-8,12-13,21H,1-2,5-6,18H2,(H,20,22)/t12-,13-/m0/s1. The number of benzene rings is 1. The molecule has 5 nitrogen and oxygen atoms in total. The highest BCUT2D eigenvalue weighted by atomic mass is 79.9. The van der Waals surface area contributed by atoms with Crippen molar-refractivity contribution in [3.8, 4) is 0 Å². The van der Waals surface area contributed by atoms with Gasteiger partial charge in [0.1, 0.15) is 0 Å². The van der Waals surface area contributed by atoms with Gasteiger partial charge in [0.15, 0.2) is 0 Å². The van der Waals surface area contributed by atoms with Crippen molar-refractivity contribution in [3.63, 3.8) is 0 Å². The Morgan fingerprint density at radius 1 is 1.41 bits per heavy atom. The molecule has 1 aliphatic rings. The Balaban J connectivity index is 1.92. The van der Waals surface area contributed by atoms with Crippen LogP contribution in [0.1, 0.15) is 36.0 Å². The first-order valence-corrected chi connectivity index (χ1v) is 8.19. The molecule has 1 fully saturated rings. The smallest absolute Gasteiger partial charge is 0.253 e. The van der Waals surface area contributed by atoms with Crippen molar-refractivity contribution in [2.45, 2.75) is 37.8 Å². The fourth-order valence-electron chi connectivity index (χ4n) is 2.94. The molecule has 6 heteroatoms. The van der Waals surface area contributed by atoms with Crippen LogP contribution < -0.4 is 11.1 Å². The Hall–Kier alpha value is -1.66. The van der Waals surface area contributed by atoms with E-state index in [1.807, 2.05) is 12.1 Å². The summed E-state index contributed by atoms with van der Waals surface area (Å²) in [4.78, 5) is 16.8. The van der Waals surface area contributed by atoms with E-state index in [0.29, 0.717) is 16.8 Å². The SMILES string of the molecule is Nc1c(C(=O)N[C@H]2CCCC[C@@H]2O)cc(Br)c2cccnc12. The van der Waals surface area contributed by atoms with E-state index >= 15 is 0 Å². The molecule has 1 aromatic carbocycles. The van der Waals surface area contributed by atoms with Crippen LogP contribution in [0, 0.1) is 0 Å². The zero-order chi connectivity index (χ0) is 15.7. The summed E-state index contributed by atoms with van der Waals surface area (Å²) < 4.78 is 0.777. The number of anilines is 1. The Bertz CT molecular complexity index is 720. The van der Waals surface area contributed by atoms with Gasteiger partial charge in [0.2, 0.25) is 0 Å². The zero-order valence-electron chi connectivity index (χ0n) is 12.1. The van der Waals surface area contributed by atoms with E-state index in [4.69, 9.17) is 5.73 Å². The first kappa shape index (κ1) is 15.2. The highest BCUT2D eigenvalue weighted by Gasteiger charge is 2.26. The summed E-state index contributed by atoms with van der Waals surface area (Å²) in [5.41, 5.74) is 7.47. The number of hydrogen-bond acceptors (Lipinski definition) is 4. The van der Waals surface area contributed by atoms with Gasteiger partial charge >= 0.3 is 0 Å². The topological polar surface area (TPSA) is 88.2 Å². The molecule has 4 N–H and O–H groups in total. The Morgan fingerprint density at radius 2 is 2.18 bits per heavy atom. The lowest BCUT2D eigenvalue weighted by Crippen LogP contribution is -2.45. The molecule has 3 rings (SSSR count). The van der Waals surface area contributed by atoms with Crippen LogP contribution in [0.15, 0.2) is 28.9 Å². The number of carbonyl (C=O) groups is 1. The number of nitrogen functional groups attached to an aromatic ring is 1. The van der Waals surface area contributed by atoms with Crippen LogP contribution in [0.3, 0.4) is 0 Å². The summed E-state index contributed by atoms with van der Waals surface area (Å²) in [7, 11) is 0. The normalized spacial score (nSPS) is 21.7. The minimum Gasteiger partial charge on any atom is -0.396 e. The number of hydrogen-bond donors (Lipinski definition) is 3. The molecule has 0 radical (unpaired) electrons. The first-order chi connectivity index (χ1) is 10.6. The Kier molecular flexibility index (Phi) is 4.31. The lowest BCUT2D eigenvalue weighted by molar-refractivity contribution is 0.0718. The predicted molar refractivity (Wildman–Crippen MR) is 89.6 cm³/mol.